The maximum Gasteiger partial charge on any atom is 0.438 e. The molecule has 1 aromatic rings. The smallest absolute Gasteiger partial charge is 0.362 e. The monoisotopic (exact) mass is 338 g/mol. The number of nitrogens with zero attached hydrogens (tertiary/aromatic N) is 4. The minimum atomic E-state index is -5.02. The number of rotatable bonds is 2. The largest absolute Gasteiger partial charge is 0.438 e. The summed E-state index contributed by atoms with van der Waals surface area (Å²) in [6.45, 7) is 4.57. The predicted molar refractivity (Wildman–Crippen MR) is 72.4 cm³/mol. The maximum absolute atomic E-state index is 13.0. The first-order valence-corrected chi connectivity index (χ1v) is 6.75. The molecule has 2 atom stereocenters. The Morgan fingerprint density at radius 2 is 2.09 bits per heavy atom. The van der Waals surface area contributed by atoms with E-state index in [1.54, 1.807) is 13.8 Å². The van der Waals surface area contributed by atoms with Crippen molar-refractivity contribution in [1.82, 2.24) is 14.8 Å². The molecule has 10 heteroatoms. The van der Waals surface area contributed by atoms with Gasteiger partial charge >= 0.3 is 6.18 Å². The van der Waals surface area contributed by atoms with Gasteiger partial charge in [-0.25, -0.2) is 0 Å². The van der Waals surface area contributed by atoms with Gasteiger partial charge in [-0.2, -0.15) is 28.4 Å². The summed E-state index contributed by atoms with van der Waals surface area (Å²) in [6.07, 6.45) is -4.98. The van der Waals surface area contributed by atoms with Crippen LogP contribution in [0, 0.1) is 13.8 Å². The van der Waals surface area contributed by atoms with E-state index in [0.29, 0.717) is 16.4 Å². The third kappa shape index (κ3) is 2.38. The van der Waals surface area contributed by atoms with Crippen molar-refractivity contribution in [2.45, 2.75) is 45.1 Å². The summed E-state index contributed by atoms with van der Waals surface area (Å²) in [7, 11) is 0. The minimum absolute atomic E-state index is 0.0576. The van der Waals surface area contributed by atoms with E-state index in [4.69, 9.17) is 11.6 Å². The summed E-state index contributed by atoms with van der Waals surface area (Å²) in [5, 5.41) is 17.6. The molecule has 2 heterocycles. The summed E-state index contributed by atoms with van der Waals surface area (Å²) in [5.74, 6) is -1.03. The summed E-state index contributed by atoms with van der Waals surface area (Å²) in [5.41, 5.74) is -2.44. The van der Waals surface area contributed by atoms with Gasteiger partial charge in [-0.05, 0) is 20.8 Å². The molecule has 122 valence electrons. The van der Waals surface area contributed by atoms with Crippen LogP contribution in [0.25, 0.3) is 0 Å². The van der Waals surface area contributed by atoms with E-state index >= 15 is 0 Å². The summed E-state index contributed by atoms with van der Waals surface area (Å²) >= 11 is 5.97. The fourth-order valence-electron chi connectivity index (χ4n) is 2.21. The molecule has 22 heavy (non-hydrogen) atoms. The van der Waals surface area contributed by atoms with Crippen molar-refractivity contribution in [2.75, 3.05) is 0 Å². The second kappa shape index (κ2) is 5.24. The van der Waals surface area contributed by atoms with E-state index in [2.05, 4.69) is 10.2 Å². The number of aryl methyl sites for hydroxylation is 1. The molecule has 0 spiro atoms. The van der Waals surface area contributed by atoms with Crippen molar-refractivity contribution in [3.05, 3.63) is 16.4 Å². The average Bonchev–Trinajstić information content (AvgIpc) is 2.94. The van der Waals surface area contributed by atoms with Gasteiger partial charge in [0.05, 0.1) is 16.4 Å². The molecule has 6 nitrogen and oxygen atoms in total. The summed E-state index contributed by atoms with van der Waals surface area (Å²) < 4.78 is 40.2. The first-order valence-electron chi connectivity index (χ1n) is 6.37. The molecule has 0 saturated heterocycles. The van der Waals surface area contributed by atoms with E-state index in [0.717, 1.165) is 6.21 Å². The van der Waals surface area contributed by atoms with Gasteiger partial charge in [0, 0.05) is 12.6 Å². The molecule has 0 aromatic carbocycles. The summed E-state index contributed by atoms with van der Waals surface area (Å²) in [4.78, 5) is 12.3. The van der Waals surface area contributed by atoms with Crippen LogP contribution in [-0.2, 0) is 4.79 Å². The SMILES string of the molecule is Cc1nn([C@H](C)C(=O)N2N=CC[C@]2(O)C(F)(F)F)c(C)c1Cl. The van der Waals surface area contributed by atoms with Crippen LogP contribution in [0.5, 0.6) is 0 Å². The Labute approximate surface area is 129 Å². The van der Waals surface area contributed by atoms with Crippen LogP contribution in [0.2, 0.25) is 5.02 Å². The first-order chi connectivity index (χ1) is 10.0. The lowest BCUT2D eigenvalue weighted by Gasteiger charge is -2.34. The maximum atomic E-state index is 13.0. The Bertz CT molecular complexity index is 643. The normalized spacial score (nSPS) is 23.2. The van der Waals surface area contributed by atoms with Crippen LogP contribution >= 0.6 is 11.6 Å². The highest BCUT2D eigenvalue weighted by Crippen LogP contribution is 2.39. The van der Waals surface area contributed by atoms with E-state index in [1.165, 1.54) is 11.6 Å². The van der Waals surface area contributed by atoms with Crippen molar-refractivity contribution < 1.29 is 23.1 Å². The molecule has 1 amide bonds. The van der Waals surface area contributed by atoms with Crippen molar-refractivity contribution >= 4 is 23.7 Å². The van der Waals surface area contributed by atoms with Crippen molar-refractivity contribution in [1.29, 1.82) is 0 Å². The van der Waals surface area contributed by atoms with Crippen molar-refractivity contribution in [3.8, 4) is 0 Å². The van der Waals surface area contributed by atoms with Gasteiger partial charge in [0.25, 0.3) is 11.6 Å². The number of carbonyl (C=O) groups is 1. The lowest BCUT2D eigenvalue weighted by atomic mass is 10.1. The zero-order valence-corrected chi connectivity index (χ0v) is 12.8. The van der Waals surface area contributed by atoms with Crippen molar-refractivity contribution in [3.63, 3.8) is 0 Å². The zero-order chi connectivity index (χ0) is 16.9. The van der Waals surface area contributed by atoms with Gasteiger partial charge in [-0.15, -0.1) is 0 Å². The second-order valence-corrected chi connectivity index (χ2v) is 5.45. The molecule has 1 aromatic heterocycles. The lowest BCUT2D eigenvalue weighted by molar-refractivity contribution is -0.302. The van der Waals surface area contributed by atoms with Gasteiger partial charge < -0.3 is 5.11 Å². The molecule has 1 N–H and O–H groups in total. The Morgan fingerprint density at radius 3 is 2.55 bits per heavy atom. The molecule has 2 rings (SSSR count). The number of hydrazone groups is 1. The Kier molecular flexibility index (Phi) is 3.99. The molecule has 0 saturated carbocycles. The standard InChI is InChI=1S/C12H14ClF3N4O2/c1-6-9(13)7(2)19(18-6)8(3)10(21)20-11(22,4-5-17-20)12(14,15)16/h5,8,22H,4H2,1-3H3/t8-,11+/m1/s1. The topological polar surface area (TPSA) is 70.7 Å². The molecule has 1 aliphatic heterocycles. The number of halogens is 4. The van der Waals surface area contributed by atoms with E-state index in [1.807, 2.05) is 0 Å². The number of alkyl halides is 3. The third-order valence-electron chi connectivity index (χ3n) is 3.55. The minimum Gasteiger partial charge on any atom is -0.362 e. The first kappa shape index (κ1) is 16.8. The summed E-state index contributed by atoms with van der Waals surface area (Å²) in [6, 6.07) is -1.10. The molecule has 1 aliphatic rings. The molecular weight excluding hydrogens is 325 g/mol. The molecule has 0 fully saturated rings. The number of aliphatic hydroxyl groups is 1. The van der Waals surface area contributed by atoms with E-state index in [9.17, 15) is 23.1 Å². The van der Waals surface area contributed by atoms with Gasteiger partial charge in [0.15, 0.2) is 0 Å². The molecule has 0 aliphatic carbocycles. The van der Waals surface area contributed by atoms with Crippen LogP contribution in [0.4, 0.5) is 13.2 Å². The molecular formula is C12H14ClF3N4O2. The average molecular weight is 339 g/mol. The second-order valence-electron chi connectivity index (χ2n) is 5.07. The third-order valence-corrected chi connectivity index (χ3v) is 4.09. The quantitative estimate of drug-likeness (QED) is 0.898. The molecule has 0 radical (unpaired) electrons. The van der Waals surface area contributed by atoms with Gasteiger partial charge in [0.1, 0.15) is 6.04 Å². The number of hydrogen-bond acceptors (Lipinski definition) is 4. The van der Waals surface area contributed by atoms with Gasteiger partial charge in [0.2, 0.25) is 0 Å². The van der Waals surface area contributed by atoms with Gasteiger partial charge in [-0.3, -0.25) is 9.48 Å². The van der Waals surface area contributed by atoms with Crippen LogP contribution in [-0.4, -0.2) is 43.9 Å². The highest BCUT2D eigenvalue weighted by Gasteiger charge is 2.62. The highest BCUT2D eigenvalue weighted by molar-refractivity contribution is 6.31. The van der Waals surface area contributed by atoms with Gasteiger partial charge in [-0.1, -0.05) is 11.6 Å². The van der Waals surface area contributed by atoms with E-state index in [-0.39, 0.29) is 5.01 Å². The zero-order valence-electron chi connectivity index (χ0n) is 12.0. The highest BCUT2D eigenvalue weighted by atomic mass is 35.5. The lowest BCUT2D eigenvalue weighted by Crippen LogP contribution is -2.57. The van der Waals surface area contributed by atoms with Crippen LogP contribution < -0.4 is 0 Å². The van der Waals surface area contributed by atoms with Crippen molar-refractivity contribution in [2.24, 2.45) is 5.10 Å². The number of aromatic nitrogens is 2. The predicted octanol–water partition coefficient (Wildman–Crippen LogP) is 2.18. The van der Waals surface area contributed by atoms with E-state index < -0.39 is 30.3 Å². The number of carbonyl (C=O) groups excluding carboxylic acids is 1. The van der Waals surface area contributed by atoms with Crippen LogP contribution in [0.15, 0.2) is 5.10 Å². The Morgan fingerprint density at radius 1 is 1.50 bits per heavy atom. The Balaban J connectivity index is 2.35. The Hall–Kier alpha value is -1.61. The number of amides is 1. The molecule has 0 bridgehead atoms. The fraction of sp³-hybridized carbons (Fsp3) is 0.583. The van der Waals surface area contributed by atoms with Crippen LogP contribution in [0.1, 0.15) is 30.8 Å². The fourth-order valence-corrected chi connectivity index (χ4v) is 2.33. The number of hydrogen-bond donors (Lipinski definition) is 1. The van der Waals surface area contributed by atoms with Crippen LogP contribution in [0.3, 0.4) is 0 Å². The molecule has 0 unspecified atom stereocenters.